The van der Waals surface area contributed by atoms with Crippen LogP contribution >= 0.6 is 15.9 Å². The van der Waals surface area contributed by atoms with Crippen LogP contribution in [0.2, 0.25) is 0 Å². The minimum atomic E-state index is 0.347. The molecular weight excluding hydrogens is 200 g/mol. The van der Waals surface area contributed by atoms with Gasteiger partial charge in [-0.05, 0) is 18.3 Å². The number of hydrogen-bond acceptors (Lipinski definition) is 0. The van der Waals surface area contributed by atoms with Crippen LogP contribution in [0.5, 0.6) is 0 Å². The van der Waals surface area contributed by atoms with Gasteiger partial charge < -0.3 is 0 Å². The molecule has 2 rings (SSSR count). The monoisotopic (exact) mass is 212 g/mol. The molecular formula is C10H13Br. The Morgan fingerprint density at radius 1 is 1.73 bits per heavy atom. The average molecular weight is 213 g/mol. The first-order valence-electron chi connectivity index (χ1n) is 4.12. The van der Waals surface area contributed by atoms with Gasteiger partial charge in [0.25, 0.3) is 0 Å². The molecule has 2 aliphatic rings. The lowest BCUT2D eigenvalue weighted by molar-refractivity contribution is 0.381. The minimum absolute atomic E-state index is 0.347. The van der Waals surface area contributed by atoms with Crippen molar-refractivity contribution < 1.29 is 0 Å². The van der Waals surface area contributed by atoms with Gasteiger partial charge in [-0.2, -0.15) is 0 Å². The van der Waals surface area contributed by atoms with Crippen molar-refractivity contribution >= 4 is 15.9 Å². The van der Waals surface area contributed by atoms with Gasteiger partial charge in [-0.25, -0.2) is 0 Å². The maximum Gasteiger partial charge on any atom is 0.0128 e. The van der Waals surface area contributed by atoms with Gasteiger partial charge in [0.05, 0.1) is 0 Å². The third-order valence-electron chi connectivity index (χ3n) is 3.36. The van der Waals surface area contributed by atoms with Crippen LogP contribution in [0.3, 0.4) is 0 Å². The second-order valence-corrected chi connectivity index (χ2v) is 4.47. The molecule has 3 atom stereocenters. The van der Waals surface area contributed by atoms with E-state index in [1.54, 1.807) is 0 Å². The summed E-state index contributed by atoms with van der Waals surface area (Å²) in [7, 11) is 0. The van der Waals surface area contributed by atoms with Gasteiger partial charge in [-0.3, -0.25) is 0 Å². The highest BCUT2D eigenvalue weighted by molar-refractivity contribution is 9.09. The van der Waals surface area contributed by atoms with Gasteiger partial charge >= 0.3 is 0 Å². The zero-order valence-corrected chi connectivity index (χ0v) is 8.39. The number of hydrogen-bond donors (Lipinski definition) is 0. The van der Waals surface area contributed by atoms with E-state index in [1.165, 1.54) is 12.0 Å². The zero-order valence-electron chi connectivity index (χ0n) is 6.81. The van der Waals surface area contributed by atoms with E-state index in [4.69, 9.17) is 0 Å². The number of rotatable bonds is 1. The van der Waals surface area contributed by atoms with Gasteiger partial charge in [0, 0.05) is 10.7 Å². The third-order valence-corrected chi connectivity index (χ3v) is 4.53. The molecule has 3 unspecified atom stereocenters. The van der Waals surface area contributed by atoms with Gasteiger partial charge in [0.2, 0.25) is 0 Å². The van der Waals surface area contributed by atoms with E-state index in [9.17, 15) is 0 Å². The Morgan fingerprint density at radius 3 is 2.82 bits per heavy atom. The quantitative estimate of drug-likeness (QED) is 0.463. The molecule has 1 fully saturated rings. The summed E-state index contributed by atoms with van der Waals surface area (Å²) < 4.78 is 0. The third kappa shape index (κ3) is 0.807. The number of allylic oxidation sites excluding steroid dienone is 3. The molecule has 11 heavy (non-hydrogen) atoms. The highest BCUT2D eigenvalue weighted by atomic mass is 79.9. The number of halogens is 1. The van der Waals surface area contributed by atoms with E-state index < -0.39 is 0 Å². The van der Waals surface area contributed by atoms with E-state index >= 15 is 0 Å². The maximum atomic E-state index is 4.18. The summed E-state index contributed by atoms with van der Waals surface area (Å²) in [4.78, 5) is 0. The summed E-state index contributed by atoms with van der Waals surface area (Å²) >= 11 is 3.58. The van der Waals surface area contributed by atoms with Crippen molar-refractivity contribution in [3.05, 3.63) is 24.3 Å². The van der Waals surface area contributed by atoms with Crippen LogP contribution < -0.4 is 0 Å². The average Bonchev–Trinajstić information content (AvgIpc) is 2.56. The minimum Gasteiger partial charge on any atom is -0.0987 e. The van der Waals surface area contributed by atoms with Crippen LogP contribution in [-0.4, -0.2) is 5.33 Å². The van der Waals surface area contributed by atoms with Crippen molar-refractivity contribution in [2.24, 2.45) is 17.3 Å². The fraction of sp³-hybridized carbons (Fsp3) is 0.600. The maximum absolute atomic E-state index is 4.18. The van der Waals surface area contributed by atoms with Crippen molar-refractivity contribution in [2.75, 3.05) is 5.33 Å². The van der Waals surface area contributed by atoms with Gasteiger partial charge in [-0.1, -0.05) is 47.2 Å². The highest BCUT2D eigenvalue weighted by Gasteiger charge is 2.47. The molecule has 0 aromatic carbocycles. The molecule has 2 aliphatic carbocycles. The Kier molecular flexibility index (Phi) is 1.54. The molecule has 0 aromatic heterocycles. The molecule has 1 saturated carbocycles. The van der Waals surface area contributed by atoms with Crippen molar-refractivity contribution in [3.8, 4) is 0 Å². The van der Waals surface area contributed by atoms with Crippen molar-refractivity contribution in [1.29, 1.82) is 0 Å². The predicted molar refractivity (Wildman–Crippen MR) is 51.8 cm³/mol. The van der Waals surface area contributed by atoms with E-state index in [-0.39, 0.29) is 0 Å². The molecule has 2 bridgehead atoms. The Bertz CT molecular complexity index is 229. The molecule has 0 aliphatic heterocycles. The smallest absolute Gasteiger partial charge is 0.0128 e. The van der Waals surface area contributed by atoms with Gasteiger partial charge in [0.15, 0.2) is 0 Å². The van der Waals surface area contributed by atoms with Crippen LogP contribution in [0, 0.1) is 17.3 Å². The number of fused-ring (bicyclic) bond motifs is 2. The van der Waals surface area contributed by atoms with Crippen LogP contribution in [0.1, 0.15) is 13.3 Å². The van der Waals surface area contributed by atoms with E-state index in [0.717, 1.165) is 11.2 Å². The second-order valence-electron chi connectivity index (χ2n) is 3.91. The van der Waals surface area contributed by atoms with Crippen molar-refractivity contribution in [1.82, 2.24) is 0 Å². The largest absolute Gasteiger partial charge is 0.0987 e. The molecule has 0 aromatic rings. The van der Waals surface area contributed by atoms with Crippen LogP contribution in [0.4, 0.5) is 0 Å². The first kappa shape index (κ1) is 7.60. The summed E-state index contributed by atoms with van der Waals surface area (Å²) in [6.07, 6.45) is 5.99. The molecule has 1 heteroatoms. The summed E-state index contributed by atoms with van der Waals surface area (Å²) in [5.74, 6) is 1.43. The molecule has 0 N–H and O–H groups in total. The van der Waals surface area contributed by atoms with Crippen molar-refractivity contribution in [2.45, 2.75) is 13.3 Å². The lowest BCUT2D eigenvalue weighted by atomic mass is 9.76. The Balaban J connectivity index is 2.38. The normalized spacial score (nSPS) is 47.3. The van der Waals surface area contributed by atoms with Gasteiger partial charge in [0.1, 0.15) is 0 Å². The van der Waals surface area contributed by atoms with Crippen LogP contribution in [0.15, 0.2) is 24.3 Å². The fourth-order valence-electron chi connectivity index (χ4n) is 2.28. The van der Waals surface area contributed by atoms with E-state index in [2.05, 4.69) is 41.6 Å². The molecule has 0 spiro atoms. The van der Waals surface area contributed by atoms with E-state index in [1.807, 2.05) is 0 Å². The topological polar surface area (TPSA) is 0 Å². The van der Waals surface area contributed by atoms with Crippen molar-refractivity contribution in [3.63, 3.8) is 0 Å². The molecule has 0 nitrogen and oxygen atoms in total. The fourth-order valence-corrected chi connectivity index (χ4v) is 3.05. The zero-order chi connectivity index (χ0) is 8.06. The first-order chi connectivity index (χ1) is 5.18. The second kappa shape index (κ2) is 2.22. The first-order valence-corrected chi connectivity index (χ1v) is 5.24. The molecule has 0 saturated heterocycles. The Labute approximate surface area is 76.5 Å². The molecule has 0 heterocycles. The van der Waals surface area contributed by atoms with Crippen LogP contribution in [-0.2, 0) is 0 Å². The lowest BCUT2D eigenvalue weighted by Crippen LogP contribution is -2.25. The van der Waals surface area contributed by atoms with E-state index in [0.29, 0.717) is 11.3 Å². The standard InChI is InChI=1S/C10H13Br/c1-7-8-3-4-9(5-8)10(7,2)6-11/h3-4,8-9H,1,5-6H2,2H3. The summed E-state index contributed by atoms with van der Waals surface area (Å²) in [5, 5.41) is 1.06. The highest BCUT2D eigenvalue weighted by Crippen LogP contribution is 2.55. The summed E-state index contributed by atoms with van der Waals surface area (Å²) in [6, 6.07) is 0. The molecule has 0 radical (unpaired) electrons. The molecule has 60 valence electrons. The van der Waals surface area contributed by atoms with Crippen LogP contribution in [0.25, 0.3) is 0 Å². The summed E-state index contributed by atoms with van der Waals surface area (Å²) in [6.45, 7) is 6.50. The Hall–Kier alpha value is -0.0400. The SMILES string of the molecule is C=C1C2C=CC(C2)C1(C)CBr. The number of alkyl halides is 1. The predicted octanol–water partition coefficient (Wildman–Crippen LogP) is 3.15. The lowest BCUT2D eigenvalue weighted by Gasteiger charge is -2.31. The summed E-state index contributed by atoms with van der Waals surface area (Å²) in [5.41, 5.74) is 1.78. The Morgan fingerprint density at radius 2 is 2.45 bits per heavy atom. The molecule has 0 amide bonds. The van der Waals surface area contributed by atoms with Gasteiger partial charge in [-0.15, -0.1) is 0 Å².